The molecule has 1 atom stereocenters. The molecular formula is C16H22ClN3. The number of rotatable bonds is 7. The van der Waals surface area contributed by atoms with Gasteiger partial charge in [0.2, 0.25) is 0 Å². The average molecular weight is 292 g/mol. The Bertz CT molecular complexity index is 536. The van der Waals surface area contributed by atoms with E-state index in [0.29, 0.717) is 5.92 Å². The summed E-state index contributed by atoms with van der Waals surface area (Å²) >= 11 is 6.35. The fourth-order valence-electron chi connectivity index (χ4n) is 2.41. The van der Waals surface area contributed by atoms with E-state index in [1.165, 1.54) is 11.1 Å². The van der Waals surface area contributed by atoms with Crippen molar-refractivity contribution >= 4 is 11.6 Å². The number of nitrogens with one attached hydrogen (secondary N) is 1. The zero-order valence-corrected chi connectivity index (χ0v) is 12.9. The molecule has 2 rings (SSSR count). The van der Waals surface area contributed by atoms with Crippen molar-refractivity contribution in [2.45, 2.75) is 25.7 Å². The van der Waals surface area contributed by atoms with Gasteiger partial charge >= 0.3 is 0 Å². The van der Waals surface area contributed by atoms with E-state index < -0.39 is 0 Å². The van der Waals surface area contributed by atoms with Crippen LogP contribution in [0.5, 0.6) is 0 Å². The van der Waals surface area contributed by atoms with Gasteiger partial charge in [-0.1, -0.05) is 36.7 Å². The monoisotopic (exact) mass is 291 g/mol. The van der Waals surface area contributed by atoms with Crippen molar-refractivity contribution in [1.29, 1.82) is 0 Å². The number of hydrogen-bond acceptors (Lipinski definition) is 2. The van der Waals surface area contributed by atoms with Crippen LogP contribution in [0.25, 0.3) is 0 Å². The van der Waals surface area contributed by atoms with Gasteiger partial charge in [0.15, 0.2) is 0 Å². The fourth-order valence-corrected chi connectivity index (χ4v) is 2.70. The first-order chi connectivity index (χ1) is 9.70. The zero-order chi connectivity index (χ0) is 14.4. The van der Waals surface area contributed by atoms with Gasteiger partial charge in [-0.15, -0.1) is 0 Å². The van der Waals surface area contributed by atoms with Crippen molar-refractivity contribution in [1.82, 2.24) is 15.1 Å². The minimum Gasteiger partial charge on any atom is -0.316 e. The van der Waals surface area contributed by atoms with E-state index in [-0.39, 0.29) is 0 Å². The molecule has 3 nitrogen and oxygen atoms in total. The highest BCUT2D eigenvalue weighted by Gasteiger charge is 2.15. The van der Waals surface area contributed by atoms with Gasteiger partial charge in [0.25, 0.3) is 0 Å². The van der Waals surface area contributed by atoms with Crippen molar-refractivity contribution < 1.29 is 0 Å². The number of halogens is 1. The van der Waals surface area contributed by atoms with Crippen LogP contribution in [0.15, 0.2) is 36.7 Å². The molecule has 0 fully saturated rings. The van der Waals surface area contributed by atoms with E-state index in [1.54, 1.807) is 0 Å². The molecule has 0 aliphatic rings. The minimum absolute atomic E-state index is 0.374. The molecule has 0 radical (unpaired) electrons. The molecule has 4 heteroatoms. The van der Waals surface area contributed by atoms with Gasteiger partial charge in [-0.25, -0.2) is 0 Å². The molecule has 1 aromatic heterocycles. The molecule has 1 heterocycles. The van der Waals surface area contributed by atoms with Crippen LogP contribution in [0.4, 0.5) is 0 Å². The summed E-state index contributed by atoms with van der Waals surface area (Å²) in [4.78, 5) is 0. The first-order valence-corrected chi connectivity index (χ1v) is 7.51. The molecule has 0 aliphatic heterocycles. The fraction of sp³-hybridized carbons (Fsp3) is 0.438. The number of hydrogen-bond donors (Lipinski definition) is 1. The molecule has 2 aromatic rings. The Hall–Kier alpha value is -1.32. The second kappa shape index (κ2) is 7.46. The predicted molar refractivity (Wildman–Crippen MR) is 84.3 cm³/mol. The lowest BCUT2D eigenvalue weighted by Gasteiger charge is -2.18. The lowest BCUT2D eigenvalue weighted by molar-refractivity contribution is 0.576. The van der Waals surface area contributed by atoms with E-state index in [2.05, 4.69) is 35.7 Å². The molecule has 20 heavy (non-hydrogen) atoms. The third-order valence-electron chi connectivity index (χ3n) is 3.40. The van der Waals surface area contributed by atoms with E-state index in [1.807, 2.05) is 30.1 Å². The molecule has 0 spiro atoms. The van der Waals surface area contributed by atoms with Crippen LogP contribution in [-0.4, -0.2) is 22.9 Å². The Kier molecular flexibility index (Phi) is 5.62. The highest BCUT2D eigenvalue weighted by molar-refractivity contribution is 6.31. The van der Waals surface area contributed by atoms with E-state index in [9.17, 15) is 0 Å². The topological polar surface area (TPSA) is 29.9 Å². The normalized spacial score (nSPS) is 12.6. The standard InChI is InChI=1S/C16H22ClN3/c1-3-8-18-11-14(9-13-10-19-20(2)12-13)15-6-4-5-7-16(15)17/h4-7,10,12,14,18H,3,8-9,11H2,1-2H3. The van der Waals surface area contributed by atoms with Crippen molar-refractivity contribution in [3.8, 4) is 0 Å². The summed E-state index contributed by atoms with van der Waals surface area (Å²) in [6.07, 6.45) is 6.10. The Balaban J connectivity index is 2.13. The second-order valence-electron chi connectivity index (χ2n) is 5.15. The third-order valence-corrected chi connectivity index (χ3v) is 3.75. The summed E-state index contributed by atoms with van der Waals surface area (Å²) in [7, 11) is 1.95. The van der Waals surface area contributed by atoms with Crippen molar-refractivity contribution in [3.05, 3.63) is 52.8 Å². The lowest BCUT2D eigenvalue weighted by atomic mass is 9.93. The van der Waals surface area contributed by atoms with Crippen molar-refractivity contribution in [3.63, 3.8) is 0 Å². The summed E-state index contributed by atoms with van der Waals surface area (Å²) in [5.41, 5.74) is 2.46. The molecule has 1 unspecified atom stereocenters. The Labute approximate surface area is 126 Å². The molecule has 0 bridgehead atoms. The summed E-state index contributed by atoms with van der Waals surface area (Å²) in [5, 5.41) is 8.59. The van der Waals surface area contributed by atoms with E-state index in [4.69, 9.17) is 11.6 Å². The number of nitrogens with zero attached hydrogens (tertiary/aromatic N) is 2. The van der Waals surface area contributed by atoms with Gasteiger partial charge < -0.3 is 5.32 Å². The maximum atomic E-state index is 6.35. The molecule has 0 saturated heterocycles. The molecule has 108 valence electrons. The smallest absolute Gasteiger partial charge is 0.0521 e. The highest BCUT2D eigenvalue weighted by atomic mass is 35.5. The Morgan fingerprint density at radius 2 is 2.15 bits per heavy atom. The lowest BCUT2D eigenvalue weighted by Crippen LogP contribution is -2.23. The average Bonchev–Trinajstić information content (AvgIpc) is 2.84. The molecular weight excluding hydrogens is 270 g/mol. The maximum absolute atomic E-state index is 6.35. The van der Waals surface area contributed by atoms with Gasteiger partial charge in [-0.2, -0.15) is 5.10 Å². The number of aryl methyl sites for hydroxylation is 1. The van der Waals surface area contributed by atoms with Gasteiger partial charge in [0, 0.05) is 30.7 Å². The molecule has 0 aliphatic carbocycles. The first kappa shape index (κ1) is 15.1. The predicted octanol–water partition coefficient (Wildman–Crippen LogP) is 3.40. The molecule has 1 aromatic carbocycles. The largest absolute Gasteiger partial charge is 0.316 e. The van der Waals surface area contributed by atoms with Gasteiger partial charge in [0.1, 0.15) is 0 Å². The Morgan fingerprint density at radius 3 is 2.80 bits per heavy atom. The quantitative estimate of drug-likeness (QED) is 0.793. The van der Waals surface area contributed by atoms with E-state index in [0.717, 1.165) is 31.0 Å². The van der Waals surface area contributed by atoms with Crippen LogP contribution in [0.2, 0.25) is 5.02 Å². The van der Waals surface area contributed by atoms with Crippen LogP contribution in [0.1, 0.15) is 30.4 Å². The first-order valence-electron chi connectivity index (χ1n) is 7.13. The minimum atomic E-state index is 0.374. The Morgan fingerprint density at radius 1 is 1.35 bits per heavy atom. The maximum Gasteiger partial charge on any atom is 0.0521 e. The van der Waals surface area contributed by atoms with Crippen molar-refractivity contribution in [2.24, 2.45) is 7.05 Å². The zero-order valence-electron chi connectivity index (χ0n) is 12.1. The number of benzene rings is 1. The van der Waals surface area contributed by atoms with Crippen LogP contribution < -0.4 is 5.32 Å². The van der Waals surface area contributed by atoms with Gasteiger partial charge in [-0.05, 0) is 36.6 Å². The second-order valence-corrected chi connectivity index (χ2v) is 5.56. The van der Waals surface area contributed by atoms with Gasteiger partial charge in [-0.3, -0.25) is 4.68 Å². The number of aromatic nitrogens is 2. The van der Waals surface area contributed by atoms with Crippen LogP contribution in [-0.2, 0) is 13.5 Å². The summed E-state index contributed by atoms with van der Waals surface area (Å²) in [5.74, 6) is 0.374. The summed E-state index contributed by atoms with van der Waals surface area (Å²) in [6.45, 7) is 4.15. The van der Waals surface area contributed by atoms with Crippen LogP contribution in [0, 0.1) is 0 Å². The third kappa shape index (κ3) is 4.09. The molecule has 0 amide bonds. The van der Waals surface area contributed by atoms with E-state index >= 15 is 0 Å². The van der Waals surface area contributed by atoms with Gasteiger partial charge in [0.05, 0.1) is 6.20 Å². The molecule has 1 N–H and O–H groups in total. The molecule has 0 saturated carbocycles. The summed E-state index contributed by atoms with van der Waals surface area (Å²) < 4.78 is 1.85. The van der Waals surface area contributed by atoms with Crippen LogP contribution >= 0.6 is 11.6 Å². The SMILES string of the molecule is CCCNCC(Cc1cnn(C)c1)c1ccccc1Cl. The van der Waals surface area contributed by atoms with Crippen LogP contribution in [0.3, 0.4) is 0 Å². The van der Waals surface area contributed by atoms with Crippen molar-refractivity contribution in [2.75, 3.05) is 13.1 Å². The highest BCUT2D eigenvalue weighted by Crippen LogP contribution is 2.27. The summed E-state index contributed by atoms with van der Waals surface area (Å²) in [6, 6.07) is 8.12.